The van der Waals surface area contributed by atoms with Crippen LogP contribution in [0.15, 0.2) is 0 Å². The highest BCUT2D eigenvalue weighted by atomic mass is 16.5. The third kappa shape index (κ3) is 4.96. The minimum Gasteiger partial charge on any atom is -0.380 e. The Morgan fingerprint density at radius 3 is 2.87 bits per heavy atom. The fourth-order valence-corrected chi connectivity index (χ4v) is 2.21. The number of ether oxygens (including phenoxy) is 1. The lowest BCUT2D eigenvalue weighted by Gasteiger charge is -2.29. The standard InChI is InChI=1S/C12H26N2O/c1-2-3-4-6-12(11-13)14-7-5-9-15-10-8-14/h12H,2-11,13H2,1H3. The van der Waals surface area contributed by atoms with E-state index in [0.29, 0.717) is 6.04 Å². The first-order valence-corrected chi connectivity index (χ1v) is 6.40. The molecule has 0 radical (unpaired) electrons. The smallest absolute Gasteiger partial charge is 0.0593 e. The van der Waals surface area contributed by atoms with Crippen LogP contribution in [0.25, 0.3) is 0 Å². The first-order chi connectivity index (χ1) is 7.38. The molecule has 2 N–H and O–H groups in total. The summed E-state index contributed by atoms with van der Waals surface area (Å²) in [6, 6.07) is 0.582. The van der Waals surface area contributed by atoms with Crippen molar-refractivity contribution in [1.82, 2.24) is 4.90 Å². The molecule has 1 atom stereocenters. The minimum absolute atomic E-state index is 0.582. The first kappa shape index (κ1) is 12.9. The molecule has 0 amide bonds. The first-order valence-electron chi connectivity index (χ1n) is 6.40. The molecule has 0 spiro atoms. The quantitative estimate of drug-likeness (QED) is 0.683. The van der Waals surface area contributed by atoms with Crippen molar-refractivity contribution in [2.24, 2.45) is 5.73 Å². The number of hydrogen-bond acceptors (Lipinski definition) is 3. The maximum Gasteiger partial charge on any atom is 0.0593 e. The third-order valence-corrected chi connectivity index (χ3v) is 3.19. The maximum atomic E-state index is 5.85. The second-order valence-electron chi connectivity index (χ2n) is 4.39. The summed E-state index contributed by atoms with van der Waals surface area (Å²) in [6.45, 7) is 7.07. The van der Waals surface area contributed by atoms with Crippen LogP contribution >= 0.6 is 0 Å². The molecule has 0 aliphatic carbocycles. The summed E-state index contributed by atoms with van der Waals surface area (Å²) in [4.78, 5) is 2.52. The van der Waals surface area contributed by atoms with Gasteiger partial charge in [-0.25, -0.2) is 0 Å². The Kier molecular flexibility index (Phi) is 6.98. The number of hydrogen-bond donors (Lipinski definition) is 1. The van der Waals surface area contributed by atoms with Gasteiger partial charge in [-0.2, -0.15) is 0 Å². The second kappa shape index (κ2) is 8.08. The van der Waals surface area contributed by atoms with E-state index in [0.717, 1.165) is 39.3 Å². The van der Waals surface area contributed by atoms with Crippen LogP contribution in [0.3, 0.4) is 0 Å². The number of unbranched alkanes of at least 4 members (excludes halogenated alkanes) is 2. The Balaban J connectivity index is 2.27. The maximum absolute atomic E-state index is 5.85. The van der Waals surface area contributed by atoms with Crippen LogP contribution in [0.5, 0.6) is 0 Å². The van der Waals surface area contributed by atoms with Gasteiger partial charge in [-0.3, -0.25) is 4.90 Å². The summed E-state index contributed by atoms with van der Waals surface area (Å²) >= 11 is 0. The molecule has 3 nitrogen and oxygen atoms in total. The molecule has 0 saturated carbocycles. The largest absolute Gasteiger partial charge is 0.380 e. The van der Waals surface area contributed by atoms with E-state index in [2.05, 4.69) is 11.8 Å². The van der Waals surface area contributed by atoms with Gasteiger partial charge < -0.3 is 10.5 Å². The van der Waals surface area contributed by atoms with Gasteiger partial charge in [0.15, 0.2) is 0 Å². The molecule has 1 heterocycles. The third-order valence-electron chi connectivity index (χ3n) is 3.19. The molecule has 1 rings (SSSR count). The van der Waals surface area contributed by atoms with Crippen molar-refractivity contribution >= 4 is 0 Å². The molecular formula is C12H26N2O. The summed E-state index contributed by atoms with van der Waals surface area (Å²) in [5.41, 5.74) is 5.85. The average Bonchev–Trinajstić information content (AvgIpc) is 2.53. The Hall–Kier alpha value is -0.120. The van der Waals surface area contributed by atoms with E-state index in [9.17, 15) is 0 Å². The SMILES string of the molecule is CCCCCC(CN)N1CCCOCC1. The molecular weight excluding hydrogens is 188 g/mol. The van der Waals surface area contributed by atoms with E-state index < -0.39 is 0 Å². The highest BCUT2D eigenvalue weighted by Gasteiger charge is 2.17. The summed E-state index contributed by atoms with van der Waals surface area (Å²) in [7, 11) is 0. The number of nitrogens with two attached hydrogens (primary N) is 1. The zero-order valence-corrected chi connectivity index (χ0v) is 10.1. The van der Waals surface area contributed by atoms with Gasteiger partial charge in [0.1, 0.15) is 0 Å². The highest BCUT2D eigenvalue weighted by Crippen LogP contribution is 2.11. The van der Waals surface area contributed by atoms with E-state index in [4.69, 9.17) is 10.5 Å². The lowest BCUT2D eigenvalue weighted by molar-refractivity contribution is 0.130. The topological polar surface area (TPSA) is 38.5 Å². The fraction of sp³-hybridized carbons (Fsp3) is 1.00. The van der Waals surface area contributed by atoms with Gasteiger partial charge in [-0.15, -0.1) is 0 Å². The predicted molar refractivity (Wildman–Crippen MR) is 64.0 cm³/mol. The summed E-state index contributed by atoms with van der Waals surface area (Å²) in [5, 5.41) is 0. The Morgan fingerprint density at radius 2 is 2.13 bits per heavy atom. The van der Waals surface area contributed by atoms with Crippen molar-refractivity contribution in [2.45, 2.75) is 45.1 Å². The van der Waals surface area contributed by atoms with Crippen LogP contribution in [-0.2, 0) is 4.74 Å². The van der Waals surface area contributed by atoms with E-state index in [-0.39, 0.29) is 0 Å². The molecule has 90 valence electrons. The van der Waals surface area contributed by atoms with Crippen LogP contribution in [0.1, 0.15) is 39.0 Å². The van der Waals surface area contributed by atoms with Crippen LogP contribution in [0.4, 0.5) is 0 Å². The zero-order chi connectivity index (χ0) is 10.9. The van der Waals surface area contributed by atoms with E-state index >= 15 is 0 Å². The van der Waals surface area contributed by atoms with Crippen LogP contribution < -0.4 is 5.73 Å². The van der Waals surface area contributed by atoms with Gasteiger partial charge in [0, 0.05) is 32.3 Å². The molecule has 0 aromatic heterocycles. The molecule has 0 bridgehead atoms. The molecule has 0 aromatic carbocycles. The van der Waals surface area contributed by atoms with Gasteiger partial charge in [-0.1, -0.05) is 26.2 Å². The lowest BCUT2D eigenvalue weighted by Crippen LogP contribution is -2.42. The minimum atomic E-state index is 0.582. The average molecular weight is 214 g/mol. The summed E-state index contributed by atoms with van der Waals surface area (Å²) < 4.78 is 5.46. The molecule has 1 aliphatic heterocycles. The Bertz CT molecular complexity index is 145. The monoisotopic (exact) mass is 214 g/mol. The predicted octanol–water partition coefficient (Wildman–Crippen LogP) is 1.62. The zero-order valence-electron chi connectivity index (χ0n) is 10.1. The molecule has 3 heteroatoms. The normalized spacial score (nSPS) is 21.2. The second-order valence-corrected chi connectivity index (χ2v) is 4.39. The Morgan fingerprint density at radius 1 is 1.27 bits per heavy atom. The molecule has 15 heavy (non-hydrogen) atoms. The lowest BCUT2D eigenvalue weighted by atomic mass is 10.1. The van der Waals surface area contributed by atoms with Crippen LogP contribution in [0, 0.1) is 0 Å². The summed E-state index contributed by atoms with van der Waals surface area (Å²) in [5.74, 6) is 0. The Labute approximate surface area is 94.0 Å². The van der Waals surface area contributed by atoms with Crippen LogP contribution in [0.2, 0.25) is 0 Å². The number of rotatable bonds is 6. The van der Waals surface area contributed by atoms with Gasteiger partial charge in [0.25, 0.3) is 0 Å². The molecule has 1 fully saturated rings. The van der Waals surface area contributed by atoms with E-state index in [1.54, 1.807) is 0 Å². The van der Waals surface area contributed by atoms with Crippen molar-refractivity contribution < 1.29 is 4.74 Å². The van der Waals surface area contributed by atoms with E-state index in [1.807, 2.05) is 0 Å². The molecule has 0 aromatic rings. The highest BCUT2D eigenvalue weighted by molar-refractivity contribution is 4.74. The summed E-state index contributed by atoms with van der Waals surface area (Å²) in [6.07, 6.45) is 6.35. The van der Waals surface area contributed by atoms with Crippen molar-refractivity contribution in [3.8, 4) is 0 Å². The van der Waals surface area contributed by atoms with Gasteiger partial charge in [-0.05, 0) is 12.8 Å². The number of nitrogens with zero attached hydrogens (tertiary/aromatic N) is 1. The van der Waals surface area contributed by atoms with Gasteiger partial charge in [0.05, 0.1) is 6.61 Å². The fourth-order valence-electron chi connectivity index (χ4n) is 2.21. The molecule has 1 saturated heterocycles. The van der Waals surface area contributed by atoms with Crippen molar-refractivity contribution in [3.63, 3.8) is 0 Å². The molecule has 1 unspecified atom stereocenters. The van der Waals surface area contributed by atoms with Crippen LogP contribution in [-0.4, -0.2) is 43.8 Å². The molecule has 1 aliphatic rings. The van der Waals surface area contributed by atoms with E-state index in [1.165, 1.54) is 25.7 Å². The van der Waals surface area contributed by atoms with Gasteiger partial charge >= 0.3 is 0 Å². The van der Waals surface area contributed by atoms with Crippen molar-refractivity contribution in [3.05, 3.63) is 0 Å². The van der Waals surface area contributed by atoms with Crippen molar-refractivity contribution in [2.75, 3.05) is 32.8 Å². The van der Waals surface area contributed by atoms with Crippen molar-refractivity contribution in [1.29, 1.82) is 0 Å². The van der Waals surface area contributed by atoms with Gasteiger partial charge in [0.2, 0.25) is 0 Å².